The van der Waals surface area contributed by atoms with Crippen molar-refractivity contribution in [3.05, 3.63) is 47.7 Å². The highest BCUT2D eigenvalue weighted by Crippen LogP contribution is 2.05. The van der Waals surface area contributed by atoms with Crippen LogP contribution in [0.1, 0.15) is 17.0 Å². The molecular formula is C13H16N6. The van der Waals surface area contributed by atoms with Gasteiger partial charge in [0.25, 0.3) is 0 Å². The van der Waals surface area contributed by atoms with Gasteiger partial charge in [-0.1, -0.05) is 0 Å². The minimum atomic E-state index is 0.747. The Morgan fingerprint density at radius 1 is 1.26 bits per heavy atom. The first-order valence-corrected chi connectivity index (χ1v) is 6.21. The smallest absolute Gasteiger partial charge is 0.155 e. The Morgan fingerprint density at radius 3 is 2.95 bits per heavy atom. The van der Waals surface area contributed by atoms with Gasteiger partial charge < -0.3 is 5.32 Å². The average Bonchev–Trinajstić information content (AvgIpc) is 2.94. The molecule has 0 aromatic carbocycles. The molecule has 0 aliphatic heterocycles. The van der Waals surface area contributed by atoms with Crippen molar-refractivity contribution < 1.29 is 0 Å². The molecule has 0 atom stereocenters. The van der Waals surface area contributed by atoms with Crippen LogP contribution in [-0.4, -0.2) is 24.4 Å². The van der Waals surface area contributed by atoms with Crippen molar-refractivity contribution in [1.29, 1.82) is 0 Å². The number of fused-ring (bicyclic) bond motifs is 1. The van der Waals surface area contributed by atoms with Crippen molar-refractivity contribution in [2.75, 3.05) is 0 Å². The standard InChI is InChI=1S/C13H16N6/c1-10-5-13-15-7-11(9-19(13)16-10)6-14-8-12-3-4-18(2)17-12/h3-5,7,9,14H,6,8H2,1-2H3. The molecule has 0 saturated carbocycles. The Balaban J connectivity index is 1.64. The van der Waals surface area contributed by atoms with Gasteiger partial charge in [0.2, 0.25) is 0 Å². The third kappa shape index (κ3) is 2.63. The summed E-state index contributed by atoms with van der Waals surface area (Å²) in [5, 5.41) is 12.0. The van der Waals surface area contributed by atoms with E-state index in [1.807, 2.05) is 49.2 Å². The van der Waals surface area contributed by atoms with E-state index in [9.17, 15) is 0 Å². The maximum atomic E-state index is 4.37. The highest BCUT2D eigenvalue weighted by Gasteiger charge is 2.01. The maximum Gasteiger partial charge on any atom is 0.155 e. The zero-order valence-corrected chi connectivity index (χ0v) is 11.0. The fourth-order valence-electron chi connectivity index (χ4n) is 2.02. The third-order valence-corrected chi connectivity index (χ3v) is 2.89. The van der Waals surface area contributed by atoms with E-state index < -0.39 is 0 Å². The molecule has 3 aromatic heterocycles. The highest BCUT2D eigenvalue weighted by atomic mass is 15.3. The van der Waals surface area contributed by atoms with Crippen LogP contribution in [0.5, 0.6) is 0 Å². The molecule has 0 aliphatic rings. The van der Waals surface area contributed by atoms with Crippen LogP contribution in [0, 0.1) is 6.92 Å². The quantitative estimate of drug-likeness (QED) is 0.758. The molecule has 19 heavy (non-hydrogen) atoms. The molecule has 0 bridgehead atoms. The Morgan fingerprint density at radius 2 is 2.16 bits per heavy atom. The predicted octanol–water partition coefficient (Wildman–Crippen LogP) is 1.06. The van der Waals surface area contributed by atoms with Gasteiger partial charge in [-0.25, -0.2) is 9.50 Å². The van der Waals surface area contributed by atoms with Crippen LogP contribution < -0.4 is 5.32 Å². The summed E-state index contributed by atoms with van der Waals surface area (Å²) in [5.41, 5.74) is 4.00. The van der Waals surface area contributed by atoms with Crippen molar-refractivity contribution in [3.8, 4) is 0 Å². The van der Waals surface area contributed by atoms with Crippen molar-refractivity contribution in [2.24, 2.45) is 7.05 Å². The summed E-state index contributed by atoms with van der Waals surface area (Å²) < 4.78 is 3.62. The zero-order valence-electron chi connectivity index (χ0n) is 11.0. The molecule has 0 amide bonds. The molecule has 0 radical (unpaired) electrons. The van der Waals surface area contributed by atoms with Gasteiger partial charge in [-0.3, -0.25) is 4.68 Å². The molecule has 3 rings (SSSR count). The van der Waals surface area contributed by atoms with E-state index in [1.165, 1.54) is 0 Å². The van der Waals surface area contributed by atoms with Gasteiger partial charge in [-0.15, -0.1) is 0 Å². The van der Waals surface area contributed by atoms with Gasteiger partial charge in [-0.05, 0) is 13.0 Å². The molecular weight excluding hydrogens is 240 g/mol. The number of hydrogen-bond acceptors (Lipinski definition) is 4. The second kappa shape index (κ2) is 4.81. The van der Waals surface area contributed by atoms with Crippen LogP contribution >= 0.6 is 0 Å². The van der Waals surface area contributed by atoms with E-state index in [0.29, 0.717) is 0 Å². The fraction of sp³-hybridized carbons (Fsp3) is 0.308. The fourth-order valence-corrected chi connectivity index (χ4v) is 2.02. The topological polar surface area (TPSA) is 60.0 Å². The Kier molecular flexibility index (Phi) is 3.00. The van der Waals surface area contributed by atoms with Crippen LogP contribution in [-0.2, 0) is 20.1 Å². The van der Waals surface area contributed by atoms with Crippen LogP contribution in [0.25, 0.3) is 5.65 Å². The van der Waals surface area contributed by atoms with Gasteiger partial charge >= 0.3 is 0 Å². The maximum absolute atomic E-state index is 4.37. The number of rotatable bonds is 4. The third-order valence-electron chi connectivity index (χ3n) is 2.89. The molecule has 6 nitrogen and oxygen atoms in total. The second-order valence-electron chi connectivity index (χ2n) is 4.63. The SMILES string of the molecule is Cc1cc2ncc(CNCc3ccn(C)n3)cn2n1. The molecule has 0 fully saturated rings. The van der Waals surface area contributed by atoms with Gasteiger partial charge in [0.1, 0.15) is 0 Å². The summed E-state index contributed by atoms with van der Waals surface area (Å²) in [6.45, 7) is 3.46. The van der Waals surface area contributed by atoms with Crippen LogP contribution in [0.15, 0.2) is 30.7 Å². The van der Waals surface area contributed by atoms with Gasteiger partial charge in [0.15, 0.2) is 5.65 Å². The summed E-state index contributed by atoms with van der Waals surface area (Å²) in [6.07, 6.45) is 5.82. The minimum absolute atomic E-state index is 0.747. The molecule has 3 aromatic rings. The molecule has 0 unspecified atom stereocenters. The molecule has 0 saturated heterocycles. The lowest BCUT2D eigenvalue weighted by Crippen LogP contribution is -2.14. The van der Waals surface area contributed by atoms with Crippen molar-refractivity contribution in [2.45, 2.75) is 20.0 Å². The monoisotopic (exact) mass is 256 g/mol. The largest absolute Gasteiger partial charge is 0.307 e. The number of nitrogens with one attached hydrogen (secondary N) is 1. The molecule has 0 spiro atoms. The first-order chi connectivity index (χ1) is 9.20. The lowest BCUT2D eigenvalue weighted by molar-refractivity contribution is 0.652. The summed E-state index contributed by atoms with van der Waals surface area (Å²) in [6, 6.07) is 3.97. The molecule has 3 heterocycles. The number of aryl methyl sites for hydroxylation is 2. The van der Waals surface area contributed by atoms with E-state index in [2.05, 4.69) is 20.5 Å². The van der Waals surface area contributed by atoms with Gasteiger partial charge in [0.05, 0.1) is 11.4 Å². The number of aromatic nitrogens is 5. The minimum Gasteiger partial charge on any atom is -0.307 e. The van der Waals surface area contributed by atoms with Crippen LogP contribution in [0.3, 0.4) is 0 Å². The lowest BCUT2D eigenvalue weighted by Gasteiger charge is -2.03. The average molecular weight is 256 g/mol. The number of hydrogen-bond donors (Lipinski definition) is 1. The predicted molar refractivity (Wildman–Crippen MR) is 71.5 cm³/mol. The first-order valence-electron chi connectivity index (χ1n) is 6.21. The second-order valence-corrected chi connectivity index (χ2v) is 4.63. The molecule has 98 valence electrons. The lowest BCUT2D eigenvalue weighted by atomic mass is 10.3. The van der Waals surface area contributed by atoms with E-state index >= 15 is 0 Å². The molecule has 0 aliphatic carbocycles. The normalized spacial score (nSPS) is 11.3. The summed E-state index contributed by atoms with van der Waals surface area (Å²) in [7, 11) is 1.92. The zero-order chi connectivity index (χ0) is 13.2. The summed E-state index contributed by atoms with van der Waals surface area (Å²) in [5.74, 6) is 0. The van der Waals surface area contributed by atoms with E-state index in [4.69, 9.17) is 0 Å². The van der Waals surface area contributed by atoms with Gasteiger partial charge in [0, 0.05) is 50.4 Å². The first kappa shape index (κ1) is 11.9. The van der Waals surface area contributed by atoms with E-state index in [-0.39, 0.29) is 0 Å². The Bertz CT molecular complexity index is 696. The van der Waals surface area contributed by atoms with Gasteiger partial charge in [-0.2, -0.15) is 10.2 Å². The molecule has 6 heteroatoms. The highest BCUT2D eigenvalue weighted by molar-refractivity contribution is 5.38. The van der Waals surface area contributed by atoms with E-state index in [1.54, 1.807) is 4.68 Å². The van der Waals surface area contributed by atoms with Crippen molar-refractivity contribution in [3.63, 3.8) is 0 Å². The van der Waals surface area contributed by atoms with Crippen molar-refractivity contribution in [1.82, 2.24) is 29.7 Å². The Labute approximate surface area is 111 Å². The van der Waals surface area contributed by atoms with Crippen LogP contribution in [0.4, 0.5) is 0 Å². The Hall–Kier alpha value is -2.21. The van der Waals surface area contributed by atoms with Crippen molar-refractivity contribution >= 4 is 5.65 Å². The summed E-state index contributed by atoms with van der Waals surface area (Å²) in [4.78, 5) is 4.37. The van der Waals surface area contributed by atoms with E-state index in [0.717, 1.165) is 35.7 Å². The summed E-state index contributed by atoms with van der Waals surface area (Å²) >= 11 is 0. The van der Waals surface area contributed by atoms with Crippen LogP contribution in [0.2, 0.25) is 0 Å². The molecule has 1 N–H and O–H groups in total. The number of nitrogens with zero attached hydrogens (tertiary/aromatic N) is 5.